The highest BCUT2D eigenvalue weighted by Gasteiger charge is 2.76. The fraction of sp³-hybridized carbons (Fsp3) is 0.781. The first-order chi connectivity index (χ1) is 19.3. The number of allylic oxidation sites excluding steroid dienone is 1. The molecule has 9 heteroatoms. The Hall–Kier alpha value is -1.32. The fourth-order valence-electron chi connectivity index (χ4n) is 7.47. The number of rotatable bonds is 16. The molecule has 2 bridgehead atoms. The molecule has 0 aromatic carbocycles. The second-order valence-electron chi connectivity index (χ2n) is 13.7. The fourth-order valence-corrected chi connectivity index (χ4v) is 11.1. The molecule has 1 spiro atoms. The quantitative estimate of drug-likeness (QED) is 0.0988. The Morgan fingerprint density at radius 2 is 1.83 bits per heavy atom. The Labute approximate surface area is 260 Å². The summed E-state index contributed by atoms with van der Waals surface area (Å²) in [4.78, 5) is 46.3. The number of amides is 2. The van der Waals surface area contributed by atoms with Gasteiger partial charge >= 0.3 is 5.97 Å². The number of aliphatic hydroxyl groups is 1. The van der Waals surface area contributed by atoms with Crippen molar-refractivity contribution in [3.8, 4) is 0 Å². The highest BCUT2D eigenvalue weighted by atomic mass is 79.9. The van der Waals surface area contributed by atoms with Crippen LogP contribution in [0.4, 0.5) is 0 Å². The first-order valence-electron chi connectivity index (χ1n) is 15.2. The van der Waals surface area contributed by atoms with Crippen LogP contribution in [0.15, 0.2) is 25.3 Å². The second kappa shape index (κ2) is 14.0. The Morgan fingerprint density at radius 1 is 1.15 bits per heavy atom. The number of carbonyl (C=O) groups is 3. The number of esters is 1. The molecule has 6 atom stereocenters. The lowest BCUT2D eigenvalue weighted by atomic mass is 9.70. The Kier molecular flexibility index (Phi) is 11.7. The number of aliphatic hydroxyl groups excluding tert-OH is 1. The first-order valence-corrected chi connectivity index (χ1v) is 17.0. The normalized spacial score (nSPS) is 29.0. The third-order valence-corrected chi connectivity index (χ3v) is 11.9. The molecule has 3 aliphatic rings. The molecule has 3 saturated heterocycles. The van der Waals surface area contributed by atoms with E-state index in [4.69, 9.17) is 4.74 Å². The van der Waals surface area contributed by atoms with Gasteiger partial charge in [0.15, 0.2) is 0 Å². The average Bonchev–Trinajstić information content (AvgIpc) is 3.46. The van der Waals surface area contributed by atoms with Crippen molar-refractivity contribution < 1.29 is 24.2 Å². The minimum atomic E-state index is -0.694. The van der Waals surface area contributed by atoms with Gasteiger partial charge in [0.2, 0.25) is 11.8 Å². The molecule has 41 heavy (non-hydrogen) atoms. The summed E-state index contributed by atoms with van der Waals surface area (Å²) in [6.45, 7) is 19.7. The van der Waals surface area contributed by atoms with Gasteiger partial charge in [0.05, 0.1) is 23.2 Å². The largest absolute Gasteiger partial charge is 0.465 e. The van der Waals surface area contributed by atoms with Gasteiger partial charge in [0.25, 0.3) is 0 Å². The summed E-state index contributed by atoms with van der Waals surface area (Å²) in [5, 5.41) is 9.08. The summed E-state index contributed by atoms with van der Waals surface area (Å²) in [6.07, 6.45) is 9.65. The summed E-state index contributed by atoms with van der Waals surface area (Å²) < 4.78 is 5.02. The van der Waals surface area contributed by atoms with Crippen LogP contribution in [0.1, 0.15) is 86.0 Å². The predicted molar refractivity (Wildman–Crippen MR) is 170 cm³/mol. The lowest BCUT2D eigenvalue weighted by Gasteiger charge is -2.46. The van der Waals surface area contributed by atoms with Gasteiger partial charge < -0.3 is 19.6 Å². The minimum Gasteiger partial charge on any atom is -0.465 e. The van der Waals surface area contributed by atoms with Crippen LogP contribution in [-0.4, -0.2) is 85.4 Å². The molecule has 7 nitrogen and oxygen atoms in total. The molecule has 3 unspecified atom stereocenters. The van der Waals surface area contributed by atoms with Crippen molar-refractivity contribution >= 4 is 45.5 Å². The summed E-state index contributed by atoms with van der Waals surface area (Å²) in [7, 11) is 0. The average molecular weight is 656 g/mol. The van der Waals surface area contributed by atoms with E-state index < -0.39 is 28.2 Å². The standard InChI is InChI=1S/C32H51BrN2O5S/c1-8-10-15-19-40-29(39)23-24-27(37)34(17-13-11-12-14-18-36)26(32(24)20-22(33)25(23)41-32)28(38)35(16-9-2)31(6,7)21-30(3,4)5/h8-9,22-26,36H,1-2,10-21H2,3-7H3/t22?,23-,24+,25-,26?,32?/m1/s1. The van der Waals surface area contributed by atoms with E-state index in [0.29, 0.717) is 32.5 Å². The van der Waals surface area contributed by atoms with Crippen LogP contribution < -0.4 is 0 Å². The molecule has 0 saturated carbocycles. The predicted octanol–water partition coefficient (Wildman–Crippen LogP) is 5.74. The molecule has 0 aliphatic carbocycles. The highest BCUT2D eigenvalue weighted by molar-refractivity contribution is 9.09. The van der Waals surface area contributed by atoms with E-state index >= 15 is 0 Å². The van der Waals surface area contributed by atoms with Crippen molar-refractivity contribution in [2.75, 3.05) is 26.3 Å². The molecule has 3 fully saturated rings. The Balaban J connectivity index is 2.00. The van der Waals surface area contributed by atoms with Crippen molar-refractivity contribution in [1.29, 1.82) is 0 Å². The molecule has 0 radical (unpaired) electrons. The number of halogens is 1. The monoisotopic (exact) mass is 654 g/mol. The molecule has 0 aromatic heterocycles. The van der Waals surface area contributed by atoms with Gasteiger partial charge in [0.1, 0.15) is 6.04 Å². The van der Waals surface area contributed by atoms with E-state index in [1.54, 1.807) is 28.8 Å². The van der Waals surface area contributed by atoms with Crippen molar-refractivity contribution in [3.63, 3.8) is 0 Å². The number of alkyl halides is 1. The maximum absolute atomic E-state index is 14.8. The molecule has 1 N–H and O–H groups in total. The number of fused-ring (bicyclic) bond motifs is 1. The molecule has 0 aromatic rings. The molecular formula is C32H51BrN2O5S. The molecule has 232 valence electrons. The number of hydrogen-bond acceptors (Lipinski definition) is 6. The van der Waals surface area contributed by atoms with Gasteiger partial charge in [-0.2, -0.15) is 0 Å². The van der Waals surface area contributed by atoms with Crippen LogP contribution in [0.5, 0.6) is 0 Å². The van der Waals surface area contributed by atoms with E-state index in [2.05, 4.69) is 63.7 Å². The van der Waals surface area contributed by atoms with Crippen molar-refractivity contribution in [2.24, 2.45) is 17.3 Å². The highest BCUT2D eigenvalue weighted by Crippen LogP contribution is 2.68. The number of ether oxygens (including phenoxy) is 1. The third kappa shape index (κ3) is 7.26. The van der Waals surface area contributed by atoms with Gasteiger partial charge in [0, 0.05) is 35.3 Å². The van der Waals surface area contributed by atoms with Crippen LogP contribution in [0, 0.1) is 17.3 Å². The topological polar surface area (TPSA) is 87.2 Å². The van der Waals surface area contributed by atoms with Crippen LogP contribution in [0.25, 0.3) is 0 Å². The minimum absolute atomic E-state index is 0.0100. The molecule has 2 amide bonds. The summed E-state index contributed by atoms with van der Waals surface area (Å²) in [5.74, 6) is -1.65. The Morgan fingerprint density at radius 3 is 2.44 bits per heavy atom. The summed E-state index contributed by atoms with van der Waals surface area (Å²) in [5.41, 5.74) is -0.476. The zero-order valence-electron chi connectivity index (χ0n) is 25.7. The van der Waals surface area contributed by atoms with Gasteiger partial charge in [-0.05, 0) is 57.8 Å². The SMILES string of the molecule is C=CCCCOC(=O)[C@H]1[C@@H]2SC3(CC2Br)C(C(=O)N(CC=C)C(C)(C)CC(C)(C)C)N(CCCCCCO)C(=O)[C@H]13. The number of hydrogen-bond donors (Lipinski definition) is 1. The van der Waals surface area contributed by atoms with Crippen LogP contribution >= 0.6 is 27.7 Å². The number of unbranched alkanes of at least 4 members (excludes halogenated alkanes) is 4. The van der Waals surface area contributed by atoms with E-state index in [-0.39, 0.29) is 39.9 Å². The van der Waals surface area contributed by atoms with E-state index in [1.807, 2.05) is 4.90 Å². The molecule has 3 heterocycles. The molecule has 3 aliphatic heterocycles. The number of likely N-dealkylation sites (tertiary alicyclic amines) is 1. The van der Waals surface area contributed by atoms with Crippen molar-refractivity contribution in [2.45, 2.75) is 112 Å². The van der Waals surface area contributed by atoms with Gasteiger partial charge in [-0.3, -0.25) is 14.4 Å². The van der Waals surface area contributed by atoms with Crippen molar-refractivity contribution in [3.05, 3.63) is 25.3 Å². The van der Waals surface area contributed by atoms with Crippen LogP contribution in [-0.2, 0) is 19.1 Å². The van der Waals surface area contributed by atoms with Gasteiger partial charge in [-0.15, -0.1) is 24.9 Å². The van der Waals surface area contributed by atoms with E-state index in [9.17, 15) is 19.5 Å². The van der Waals surface area contributed by atoms with Crippen molar-refractivity contribution in [1.82, 2.24) is 9.80 Å². The number of carbonyl (C=O) groups excluding carboxylic acids is 3. The smallest absolute Gasteiger partial charge is 0.310 e. The van der Waals surface area contributed by atoms with E-state index in [1.165, 1.54) is 0 Å². The lowest BCUT2D eigenvalue weighted by molar-refractivity contribution is -0.154. The number of thioether (sulfide) groups is 1. The summed E-state index contributed by atoms with van der Waals surface area (Å²) >= 11 is 5.49. The van der Waals surface area contributed by atoms with E-state index in [0.717, 1.165) is 38.5 Å². The lowest BCUT2D eigenvalue weighted by Crippen LogP contribution is -2.60. The molecular weight excluding hydrogens is 604 g/mol. The number of nitrogens with zero attached hydrogens (tertiary/aromatic N) is 2. The van der Waals surface area contributed by atoms with Gasteiger partial charge in [-0.25, -0.2) is 0 Å². The third-order valence-electron chi connectivity index (χ3n) is 8.67. The maximum atomic E-state index is 14.8. The first kappa shape index (κ1) is 34.2. The second-order valence-corrected chi connectivity index (χ2v) is 16.4. The van der Waals surface area contributed by atoms with Crippen LogP contribution in [0.2, 0.25) is 0 Å². The summed E-state index contributed by atoms with van der Waals surface area (Å²) in [6, 6.07) is -0.661. The van der Waals surface area contributed by atoms with Crippen LogP contribution in [0.3, 0.4) is 0 Å². The maximum Gasteiger partial charge on any atom is 0.310 e. The zero-order chi connectivity index (χ0) is 30.6. The zero-order valence-corrected chi connectivity index (χ0v) is 28.1. The van der Waals surface area contributed by atoms with Gasteiger partial charge in [-0.1, -0.05) is 61.7 Å². The molecule has 3 rings (SSSR count). The Bertz CT molecular complexity index is 982.